The molecule has 1 N–H and O–H groups in total. The molecule has 2 aromatic heterocycles. The number of carbonyl (C=O) groups is 1. The van der Waals surface area contributed by atoms with E-state index in [1.165, 1.54) is 16.2 Å². The summed E-state index contributed by atoms with van der Waals surface area (Å²) < 4.78 is 11.0. The third kappa shape index (κ3) is 2.79. The van der Waals surface area contributed by atoms with Gasteiger partial charge in [0.1, 0.15) is 16.7 Å². The molecule has 0 spiro atoms. The van der Waals surface area contributed by atoms with Crippen molar-refractivity contribution in [1.82, 2.24) is 0 Å². The number of methoxy groups -OCH3 is 1. The smallest absolute Gasteiger partial charge is 0.292 e. The number of carbonyl (C=O) groups excluding carboxylic acids is 1. The van der Waals surface area contributed by atoms with E-state index in [9.17, 15) is 10.1 Å². The lowest BCUT2D eigenvalue weighted by Crippen LogP contribution is -2.13. The molecule has 0 fully saturated rings. The van der Waals surface area contributed by atoms with Crippen molar-refractivity contribution in [1.29, 1.82) is 5.26 Å². The number of hydrogen-bond acceptors (Lipinski definition) is 5. The van der Waals surface area contributed by atoms with E-state index in [1.807, 2.05) is 24.3 Å². The van der Waals surface area contributed by atoms with Crippen molar-refractivity contribution in [3.8, 4) is 6.07 Å². The number of ether oxygens (including phenoxy) is 1. The molecule has 1 aromatic carbocycles. The maximum Gasteiger partial charge on any atom is 0.292 e. The van der Waals surface area contributed by atoms with Gasteiger partial charge in [-0.05, 0) is 37.3 Å². The Bertz CT molecular complexity index is 1030. The first-order valence-corrected chi connectivity index (χ1v) is 9.40. The van der Waals surface area contributed by atoms with Gasteiger partial charge in [0.25, 0.3) is 5.91 Å². The molecule has 0 saturated heterocycles. The van der Waals surface area contributed by atoms with Gasteiger partial charge in [-0.15, -0.1) is 11.3 Å². The van der Waals surface area contributed by atoms with Crippen LogP contribution in [0.15, 0.2) is 28.7 Å². The summed E-state index contributed by atoms with van der Waals surface area (Å²) in [5, 5.41) is 13.9. The first-order chi connectivity index (χ1) is 12.7. The predicted octanol–water partition coefficient (Wildman–Crippen LogP) is 4.64. The number of thiophene rings is 1. The minimum absolute atomic E-state index is 0.239. The van der Waals surface area contributed by atoms with Gasteiger partial charge in [-0.1, -0.05) is 18.2 Å². The number of fused-ring (bicyclic) bond motifs is 2. The van der Waals surface area contributed by atoms with Crippen molar-refractivity contribution < 1.29 is 13.9 Å². The molecular formula is C20H18N2O3S. The molecule has 2 heterocycles. The van der Waals surface area contributed by atoms with Gasteiger partial charge in [0.2, 0.25) is 0 Å². The second-order valence-electron chi connectivity index (χ2n) is 6.32. The number of amides is 1. The number of nitrogens with zero attached hydrogens (tertiary/aromatic N) is 1. The van der Waals surface area contributed by atoms with Gasteiger partial charge >= 0.3 is 0 Å². The lowest BCUT2D eigenvalue weighted by atomic mass is 9.96. The van der Waals surface area contributed by atoms with Crippen LogP contribution in [0.5, 0.6) is 0 Å². The number of nitriles is 1. The van der Waals surface area contributed by atoms with Crippen LogP contribution in [0, 0.1) is 11.3 Å². The highest BCUT2D eigenvalue weighted by Crippen LogP contribution is 2.38. The predicted molar refractivity (Wildman–Crippen MR) is 101 cm³/mol. The lowest BCUT2D eigenvalue weighted by Gasteiger charge is -2.09. The van der Waals surface area contributed by atoms with Crippen molar-refractivity contribution in [3.63, 3.8) is 0 Å². The Morgan fingerprint density at radius 3 is 2.96 bits per heavy atom. The van der Waals surface area contributed by atoms with E-state index in [1.54, 1.807) is 7.11 Å². The summed E-state index contributed by atoms with van der Waals surface area (Å²) >= 11 is 1.51. The minimum atomic E-state index is -0.344. The van der Waals surface area contributed by atoms with Crippen LogP contribution in [-0.4, -0.2) is 13.0 Å². The summed E-state index contributed by atoms with van der Waals surface area (Å²) in [6.45, 7) is 0.284. The maximum atomic E-state index is 12.9. The van der Waals surface area contributed by atoms with Gasteiger partial charge in [-0.3, -0.25) is 4.79 Å². The van der Waals surface area contributed by atoms with E-state index < -0.39 is 0 Å². The lowest BCUT2D eigenvalue weighted by molar-refractivity contribution is 0.0992. The average Bonchev–Trinajstić information content (AvgIpc) is 3.20. The molecule has 0 bridgehead atoms. The molecule has 5 nitrogen and oxygen atoms in total. The Morgan fingerprint density at radius 2 is 2.15 bits per heavy atom. The summed E-state index contributed by atoms with van der Waals surface area (Å²) in [4.78, 5) is 14.1. The van der Waals surface area contributed by atoms with E-state index in [0.29, 0.717) is 16.1 Å². The summed E-state index contributed by atoms with van der Waals surface area (Å²) in [5.74, 6) is -0.105. The number of hydrogen-bond donors (Lipinski definition) is 1. The van der Waals surface area contributed by atoms with Crippen LogP contribution in [0.3, 0.4) is 0 Å². The van der Waals surface area contributed by atoms with Crippen molar-refractivity contribution in [2.24, 2.45) is 0 Å². The third-order valence-corrected chi connectivity index (χ3v) is 5.91. The zero-order valence-corrected chi connectivity index (χ0v) is 15.2. The highest BCUT2D eigenvalue weighted by molar-refractivity contribution is 7.16. The van der Waals surface area contributed by atoms with Crippen LogP contribution < -0.4 is 5.32 Å². The average molecular weight is 366 g/mol. The molecular weight excluding hydrogens is 348 g/mol. The Balaban J connectivity index is 1.71. The molecule has 1 amide bonds. The van der Waals surface area contributed by atoms with Crippen LogP contribution in [0.2, 0.25) is 0 Å². The molecule has 0 aliphatic heterocycles. The van der Waals surface area contributed by atoms with E-state index >= 15 is 0 Å². The number of nitrogens with one attached hydrogen (secondary N) is 1. The third-order valence-electron chi connectivity index (χ3n) is 4.70. The molecule has 4 rings (SSSR count). The molecule has 132 valence electrons. The fraction of sp³-hybridized carbons (Fsp3) is 0.300. The van der Waals surface area contributed by atoms with Gasteiger partial charge in [0.15, 0.2) is 5.76 Å². The molecule has 0 unspecified atom stereocenters. The number of aryl methyl sites for hydroxylation is 1. The Morgan fingerprint density at radius 1 is 1.35 bits per heavy atom. The van der Waals surface area contributed by atoms with E-state index in [2.05, 4.69) is 11.4 Å². The molecule has 0 radical (unpaired) electrons. The number of para-hydroxylation sites is 1. The first-order valence-electron chi connectivity index (χ1n) is 8.58. The van der Waals surface area contributed by atoms with Gasteiger partial charge in [-0.2, -0.15) is 5.26 Å². The minimum Gasteiger partial charge on any atom is -0.451 e. The Kier molecular flexibility index (Phi) is 4.49. The zero-order chi connectivity index (χ0) is 18.1. The summed E-state index contributed by atoms with van der Waals surface area (Å²) in [6.07, 6.45) is 4.11. The van der Waals surface area contributed by atoms with Crippen molar-refractivity contribution in [2.75, 3.05) is 12.4 Å². The van der Waals surface area contributed by atoms with Gasteiger partial charge in [0, 0.05) is 22.9 Å². The largest absolute Gasteiger partial charge is 0.451 e. The fourth-order valence-electron chi connectivity index (χ4n) is 3.50. The van der Waals surface area contributed by atoms with E-state index in [0.717, 1.165) is 42.2 Å². The molecule has 0 saturated carbocycles. The number of anilines is 1. The van der Waals surface area contributed by atoms with Crippen LogP contribution in [0.25, 0.3) is 11.0 Å². The van der Waals surface area contributed by atoms with Crippen LogP contribution in [0.4, 0.5) is 5.00 Å². The number of furan rings is 1. The monoisotopic (exact) mass is 366 g/mol. The highest BCUT2D eigenvalue weighted by atomic mass is 32.1. The summed E-state index contributed by atoms with van der Waals surface area (Å²) in [7, 11) is 1.59. The van der Waals surface area contributed by atoms with Crippen LogP contribution in [-0.2, 0) is 24.2 Å². The topological polar surface area (TPSA) is 75.3 Å². The van der Waals surface area contributed by atoms with Crippen molar-refractivity contribution >= 4 is 33.2 Å². The molecule has 3 aromatic rings. The van der Waals surface area contributed by atoms with Gasteiger partial charge in [0.05, 0.1) is 12.2 Å². The fourth-order valence-corrected chi connectivity index (χ4v) is 4.74. The van der Waals surface area contributed by atoms with Gasteiger partial charge in [-0.25, -0.2) is 0 Å². The molecule has 6 heteroatoms. The molecule has 1 aliphatic rings. The van der Waals surface area contributed by atoms with Crippen molar-refractivity contribution in [2.45, 2.75) is 32.3 Å². The van der Waals surface area contributed by atoms with Crippen molar-refractivity contribution in [3.05, 3.63) is 51.6 Å². The molecule has 0 atom stereocenters. The SMILES string of the molecule is COCc1c(C(=O)Nc2sc3c(c2C#N)CCCC3)oc2ccccc12. The normalized spacial score (nSPS) is 13.4. The highest BCUT2D eigenvalue weighted by Gasteiger charge is 2.25. The molecule has 1 aliphatic carbocycles. The first kappa shape index (κ1) is 16.8. The van der Waals surface area contributed by atoms with E-state index in [-0.39, 0.29) is 18.3 Å². The van der Waals surface area contributed by atoms with Gasteiger partial charge < -0.3 is 14.5 Å². The Labute approximate surface area is 155 Å². The molecule has 26 heavy (non-hydrogen) atoms. The number of rotatable bonds is 4. The number of benzene rings is 1. The van der Waals surface area contributed by atoms with Crippen LogP contribution in [0.1, 0.15) is 45.0 Å². The second-order valence-corrected chi connectivity index (χ2v) is 7.43. The summed E-state index contributed by atoms with van der Waals surface area (Å²) in [6, 6.07) is 9.78. The summed E-state index contributed by atoms with van der Waals surface area (Å²) in [5.41, 5.74) is 3.07. The Hall–Kier alpha value is -2.62. The standard InChI is InChI=1S/C20H18N2O3S/c1-24-11-15-12-6-2-4-8-16(12)25-18(15)19(23)22-20-14(10-21)13-7-3-5-9-17(13)26-20/h2,4,6,8H,3,5,7,9,11H2,1H3,(H,22,23). The second kappa shape index (κ2) is 6.94. The maximum absolute atomic E-state index is 12.9. The van der Waals surface area contributed by atoms with Crippen LogP contribution >= 0.6 is 11.3 Å². The van der Waals surface area contributed by atoms with E-state index in [4.69, 9.17) is 9.15 Å². The zero-order valence-electron chi connectivity index (χ0n) is 14.4. The quantitative estimate of drug-likeness (QED) is 0.730.